The van der Waals surface area contributed by atoms with Crippen molar-refractivity contribution in [2.45, 2.75) is 38.6 Å². The Morgan fingerprint density at radius 1 is 1.20 bits per heavy atom. The van der Waals surface area contributed by atoms with Crippen LogP contribution in [0.3, 0.4) is 0 Å². The molecular formula is C19H22ClN3O2. The molecule has 2 amide bonds. The summed E-state index contributed by atoms with van der Waals surface area (Å²) >= 11 is 5.98. The summed E-state index contributed by atoms with van der Waals surface area (Å²) < 4.78 is 0. The van der Waals surface area contributed by atoms with Gasteiger partial charge < -0.3 is 15.2 Å². The van der Waals surface area contributed by atoms with Gasteiger partial charge in [-0.1, -0.05) is 11.6 Å². The molecule has 2 N–H and O–H groups in total. The number of aromatic amines is 1. The van der Waals surface area contributed by atoms with Gasteiger partial charge in [0.1, 0.15) is 11.7 Å². The number of halogens is 1. The van der Waals surface area contributed by atoms with Crippen LogP contribution in [0.1, 0.15) is 43.1 Å². The third-order valence-electron chi connectivity index (χ3n) is 5.64. The summed E-state index contributed by atoms with van der Waals surface area (Å²) in [6.45, 7) is 3.37. The van der Waals surface area contributed by atoms with Crippen LogP contribution < -0.4 is 5.32 Å². The number of nitrogens with zero attached hydrogens (tertiary/aromatic N) is 1. The largest absolute Gasteiger partial charge is 0.351 e. The molecule has 2 aromatic rings. The number of rotatable bonds is 3. The maximum absolute atomic E-state index is 12.6. The van der Waals surface area contributed by atoms with Gasteiger partial charge in [0.2, 0.25) is 5.91 Å². The van der Waals surface area contributed by atoms with E-state index in [1.54, 1.807) is 25.1 Å². The first-order chi connectivity index (χ1) is 12.0. The molecule has 4 rings (SSSR count). The number of fused-ring (bicyclic) bond motifs is 1. The zero-order valence-electron chi connectivity index (χ0n) is 14.3. The van der Waals surface area contributed by atoms with E-state index in [0.717, 1.165) is 36.8 Å². The number of benzene rings is 1. The van der Waals surface area contributed by atoms with Crippen molar-refractivity contribution in [3.63, 3.8) is 0 Å². The van der Waals surface area contributed by atoms with E-state index in [9.17, 15) is 9.59 Å². The summed E-state index contributed by atoms with van der Waals surface area (Å²) in [6, 6.07) is 6.64. The van der Waals surface area contributed by atoms with E-state index in [2.05, 4.69) is 10.3 Å². The Balaban J connectivity index is 1.39. The topological polar surface area (TPSA) is 65.2 Å². The SMILES string of the molecule is C[C@H](NC(=O)c1cc2cc(Cl)ccc2[nH]1)C(=O)N1CCC2(CC1)CC2. The second kappa shape index (κ2) is 6.06. The molecule has 1 aliphatic carbocycles. The molecule has 132 valence electrons. The first-order valence-electron chi connectivity index (χ1n) is 8.84. The fourth-order valence-electron chi connectivity index (χ4n) is 3.71. The van der Waals surface area contributed by atoms with Crippen molar-refractivity contribution in [2.75, 3.05) is 13.1 Å². The number of nitrogens with one attached hydrogen (secondary N) is 2. The smallest absolute Gasteiger partial charge is 0.268 e. The normalized spacial score (nSPS) is 19.8. The fourth-order valence-corrected chi connectivity index (χ4v) is 3.89. The number of carbonyl (C=O) groups excluding carboxylic acids is 2. The van der Waals surface area contributed by atoms with Gasteiger partial charge in [0.25, 0.3) is 5.91 Å². The van der Waals surface area contributed by atoms with E-state index in [1.165, 1.54) is 12.8 Å². The van der Waals surface area contributed by atoms with Crippen LogP contribution >= 0.6 is 11.6 Å². The van der Waals surface area contributed by atoms with Gasteiger partial charge in [0.15, 0.2) is 0 Å². The van der Waals surface area contributed by atoms with Crippen molar-refractivity contribution in [3.8, 4) is 0 Å². The molecule has 1 atom stereocenters. The van der Waals surface area contributed by atoms with Gasteiger partial charge >= 0.3 is 0 Å². The number of carbonyl (C=O) groups is 2. The van der Waals surface area contributed by atoms with E-state index < -0.39 is 6.04 Å². The molecule has 6 heteroatoms. The maximum atomic E-state index is 12.6. The van der Waals surface area contributed by atoms with Crippen LogP contribution in [0, 0.1) is 5.41 Å². The highest BCUT2D eigenvalue weighted by Gasteiger charge is 2.45. The Morgan fingerprint density at radius 3 is 2.60 bits per heavy atom. The molecule has 1 aliphatic heterocycles. The van der Waals surface area contributed by atoms with Gasteiger partial charge in [-0.25, -0.2) is 0 Å². The van der Waals surface area contributed by atoms with Crippen LogP contribution in [0.2, 0.25) is 5.02 Å². The van der Waals surface area contributed by atoms with Crippen molar-refractivity contribution in [2.24, 2.45) is 5.41 Å². The summed E-state index contributed by atoms with van der Waals surface area (Å²) in [5, 5.41) is 4.31. The molecule has 1 aromatic heterocycles. The highest BCUT2D eigenvalue weighted by atomic mass is 35.5. The average molecular weight is 360 g/mol. The van der Waals surface area contributed by atoms with Crippen molar-refractivity contribution in [1.29, 1.82) is 0 Å². The second-order valence-electron chi connectivity index (χ2n) is 7.44. The van der Waals surface area contributed by atoms with Crippen LogP contribution in [0.5, 0.6) is 0 Å². The molecule has 2 aliphatic rings. The zero-order chi connectivity index (χ0) is 17.6. The highest BCUT2D eigenvalue weighted by Crippen LogP contribution is 2.53. The van der Waals surface area contributed by atoms with Crippen LogP contribution in [0.15, 0.2) is 24.3 Å². The zero-order valence-corrected chi connectivity index (χ0v) is 15.0. The molecule has 0 unspecified atom stereocenters. The Labute approximate surface area is 151 Å². The minimum Gasteiger partial charge on any atom is -0.351 e. The van der Waals surface area contributed by atoms with Crippen LogP contribution in [0.25, 0.3) is 10.9 Å². The second-order valence-corrected chi connectivity index (χ2v) is 7.87. The minimum absolute atomic E-state index is 0.00278. The molecule has 2 heterocycles. The number of H-pyrrole nitrogens is 1. The lowest BCUT2D eigenvalue weighted by atomic mass is 9.93. The van der Waals surface area contributed by atoms with E-state index in [4.69, 9.17) is 11.6 Å². The molecule has 25 heavy (non-hydrogen) atoms. The summed E-state index contributed by atoms with van der Waals surface area (Å²) in [5.74, 6) is -0.271. The van der Waals surface area contributed by atoms with Gasteiger partial charge in [-0.05, 0) is 62.3 Å². The molecule has 1 saturated carbocycles. The minimum atomic E-state index is -0.532. The van der Waals surface area contributed by atoms with E-state index in [1.807, 2.05) is 11.0 Å². The number of amides is 2. The Kier molecular flexibility index (Phi) is 3.99. The van der Waals surface area contributed by atoms with Crippen molar-refractivity contribution < 1.29 is 9.59 Å². The lowest BCUT2D eigenvalue weighted by molar-refractivity contribution is -0.134. The van der Waals surface area contributed by atoms with Crippen molar-refractivity contribution >= 4 is 34.3 Å². The van der Waals surface area contributed by atoms with E-state index in [-0.39, 0.29) is 11.8 Å². The maximum Gasteiger partial charge on any atom is 0.268 e. The van der Waals surface area contributed by atoms with Crippen LogP contribution in [-0.4, -0.2) is 40.8 Å². The number of hydrogen-bond acceptors (Lipinski definition) is 2. The molecule has 2 fully saturated rings. The van der Waals surface area contributed by atoms with E-state index in [0.29, 0.717) is 16.1 Å². The molecule has 0 radical (unpaired) electrons. The average Bonchev–Trinajstić information content (AvgIpc) is 3.21. The van der Waals surface area contributed by atoms with E-state index >= 15 is 0 Å². The lowest BCUT2D eigenvalue weighted by Crippen LogP contribution is -2.49. The molecule has 1 saturated heterocycles. The monoisotopic (exact) mass is 359 g/mol. The summed E-state index contributed by atoms with van der Waals surface area (Å²) in [4.78, 5) is 30.0. The third-order valence-corrected chi connectivity index (χ3v) is 5.87. The van der Waals surface area contributed by atoms with Crippen LogP contribution in [0.4, 0.5) is 0 Å². The van der Waals surface area contributed by atoms with Gasteiger partial charge in [-0.2, -0.15) is 0 Å². The van der Waals surface area contributed by atoms with Gasteiger partial charge in [-0.15, -0.1) is 0 Å². The summed E-state index contributed by atoms with van der Waals surface area (Å²) in [5.41, 5.74) is 1.82. The van der Waals surface area contributed by atoms with Gasteiger partial charge in [-0.3, -0.25) is 9.59 Å². The fraction of sp³-hybridized carbons (Fsp3) is 0.474. The quantitative estimate of drug-likeness (QED) is 0.882. The molecule has 1 spiro atoms. The number of hydrogen-bond donors (Lipinski definition) is 2. The number of piperidine rings is 1. The first kappa shape index (κ1) is 16.5. The predicted molar refractivity (Wildman–Crippen MR) is 97.7 cm³/mol. The lowest BCUT2D eigenvalue weighted by Gasteiger charge is -2.33. The standard InChI is InChI=1S/C19H22ClN3O2/c1-12(18(25)23-8-6-19(4-5-19)7-9-23)21-17(24)16-11-13-10-14(20)2-3-15(13)22-16/h2-3,10-12,22H,4-9H2,1H3,(H,21,24)/t12-/m0/s1. The van der Waals surface area contributed by atoms with Gasteiger partial charge in [0.05, 0.1) is 0 Å². The first-order valence-corrected chi connectivity index (χ1v) is 9.22. The molecule has 1 aromatic carbocycles. The van der Waals surface area contributed by atoms with Crippen LogP contribution in [-0.2, 0) is 4.79 Å². The Bertz CT molecular complexity index is 830. The summed E-state index contributed by atoms with van der Waals surface area (Å²) in [7, 11) is 0. The van der Waals surface area contributed by atoms with Crippen molar-refractivity contribution in [1.82, 2.24) is 15.2 Å². The highest BCUT2D eigenvalue weighted by molar-refractivity contribution is 6.31. The molecule has 0 bridgehead atoms. The number of aromatic nitrogens is 1. The molecule has 5 nitrogen and oxygen atoms in total. The Hall–Kier alpha value is -2.01. The molecular weight excluding hydrogens is 338 g/mol. The third kappa shape index (κ3) is 3.25. The predicted octanol–water partition coefficient (Wildman–Crippen LogP) is 3.34. The Morgan fingerprint density at radius 2 is 1.92 bits per heavy atom. The van der Waals surface area contributed by atoms with Gasteiger partial charge in [0, 0.05) is 29.0 Å². The number of likely N-dealkylation sites (tertiary alicyclic amines) is 1. The van der Waals surface area contributed by atoms with Crippen molar-refractivity contribution in [3.05, 3.63) is 35.0 Å². The summed E-state index contributed by atoms with van der Waals surface area (Å²) in [6.07, 6.45) is 4.82.